The number of nitrogens with zero attached hydrogens (tertiary/aromatic N) is 1. The topological polar surface area (TPSA) is 175 Å². The minimum Gasteiger partial charge on any atom is -0.633 e. The van der Waals surface area contributed by atoms with Crippen LogP contribution in [0.2, 0.25) is 0 Å². The molecule has 2 saturated heterocycles. The van der Waals surface area contributed by atoms with Gasteiger partial charge in [-0.3, -0.25) is 9.59 Å². The Labute approximate surface area is 250 Å². The van der Waals surface area contributed by atoms with Gasteiger partial charge in [0, 0.05) is 31.3 Å². The first-order chi connectivity index (χ1) is 19.1. The number of hydrogen-bond acceptors (Lipinski definition) is 11. The zero-order chi connectivity index (χ0) is 32.5. The molecule has 12 nitrogen and oxygen atoms in total. The Morgan fingerprint density at radius 1 is 1.02 bits per heavy atom. The van der Waals surface area contributed by atoms with Crippen molar-refractivity contribution < 1.29 is 53.6 Å². The number of Topliss-reactive ketones (excluding diaryl/α,β-unsaturated/α-hetero) is 1. The van der Waals surface area contributed by atoms with Crippen molar-refractivity contribution in [2.24, 2.45) is 23.7 Å². The maximum atomic E-state index is 13.6. The molecule has 14 atom stereocenters. The van der Waals surface area contributed by atoms with Crippen LogP contribution >= 0.6 is 0 Å². The Morgan fingerprint density at radius 2 is 1.60 bits per heavy atom. The molecule has 2 fully saturated rings. The summed E-state index contributed by atoms with van der Waals surface area (Å²) < 4.78 is 23.2. The molecule has 0 bridgehead atoms. The lowest BCUT2D eigenvalue weighted by Crippen LogP contribution is -2.62. The Balaban J connectivity index is 2.62. The molecule has 2 aliphatic rings. The summed E-state index contributed by atoms with van der Waals surface area (Å²) in [7, 11) is 4.31. The number of esters is 1. The molecule has 0 radical (unpaired) electrons. The van der Waals surface area contributed by atoms with E-state index in [0.717, 1.165) is 0 Å². The van der Waals surface area contributed by atoms with Gasteiger partial charge in [0.1, 0.15) is 23.5 Å². The van der Waals surface area contributed by atoms with Crippen LogP contribution in [-0.2, 0) is 28.5 Å². The number of hydrogen-bond donors (Lipinski definition) is 4. The maximum Gasteiger partial charge on any atom is 0.311 e. The largest absolute Gasteiger partial charge is 0.633 e. The van der Waals surface area contributed by atoms with Crippen LogP contribution in [0.25, 0.3) is 0 Å². The molecule has 0 unspecified atom stereocenters. The van der Waals surface area contributed by atoms with Crippen molar-refractivity contribution >= 4 is 11.8 Å². The summed E-state index contributed by atoms with van der Waals surface area (Å²) in [6.45, 7) is 12.8. The normalized spacial score (nSPS) is 47.0. The van der Waals surface area contributed by atoms with Gasteiger partial charge in [0.05, 0.1) is 50.0 Å². The molecule has 0 aromatic rings. The Kier molecular flexibility index (Phi) is 12.2. The van der Waals surface area contributed by atoms with E-state index in [-0.39, 0.29) is 18.6 Å². The lowest BCUT2D eigenvalue weighted by molar-refractivity contribution is -0.874. The van der Waals surface area contributed by atoms with E-state index < -0.39 is 94.4 Å². The fourth-order valence-electron chi connectivity index (χ4n) is 6.69. The van der Waals surface area contributed by atoms with E-state index in [9.17, 15) is 35.2 Å². The van der Waals surface area contributed by atoms with Gasteiger partial charge in [-0.1, -0.05) is 27.7 Å². The second-order valence-electron chi connectivity index (χ2n) is 13.6. The summed E-state index contributed by atoms with van der Waals surface area (Å²) in [4.78, 5) is 26.9. The highest BCUT2D eigenvalue weighted by Gasteiger charge is 2.52. The van der Waals surface area contributed by atoms with Crippen molar-refractivity contribution in [3.63, 3.8) is 0 Å². The van der Waals surface area contributed by atoms with E-state index >= 15 is 0 Å². The van der Waals surface area contributed by atoms with Crippen molar-refractivity contribution in [2.75, 3.05) is 21.2 Å². The van der Waals surface area contributed by atoms with E-state index in [1.165, 1.54) is 42.0 Å². The van der Waals surface area contributed by atoms with E-state index in [2.05, 4.69) is 0 Å². The fraction of sp³-hybridized carbons (Fsp3) is 0.933. The average Bonchev–Trinajstić information content (AvgIpc) is 2.91. The first-order valence-electron chi connectivity index (χ1n) is 15.0. The van der Waals surface area contributed by atoms with Gasteiger partial charge in [-0.15, -0.1) is 0 Å². The van der Waals surface area contributed by atoms with Crippen molar-refractivity contribution in [2.45, 2.75) is 135 Å². The van der Waals surface area contributed by atoms with Gasteiger partial charge in [-0.25, -0.2) is 0 Å². The molecule has 246 valence electrons. The number of likely N-dealkylation sites (N-methyl/N-ethyl adjacent to an activating group) is 1. The molecule has 42 heavy (non-hydrogen) atoms. The Bertz CT molecular complexity index is 923. The summed E-state index contributed by atoms with van der Waals surface area (Å²) in [6.07, 6.45) is -7.53. The van der Waals surface area contributed by atoms with Gasteiger partial charge in [-0.05, 0) is 40.5 Å². The van der Waals surface area contributed by atoms with Crippen LogP contribution in [0.5, 0.6) is 0 Å². The molecule has 2 aliphatic heterocycles. The first kappa shape index (κ1) is 37.0. The SMILES string of the molecule is CC[C@H]1OC(=O)[C@H](C)[C@@H](O)[C@H](C)[C@@H](O[C@@H]2O[C@H](C)C[C@H]([N+](C)(C)[O-])[C@H]2O)[C@](C)(OC)C[C@@H](C)C(=O)[C@H](C)[C@@H](O)[C@]1(C)O. The molecule has 4 N–H and O–H groups in total. The third-order valence-electron chi connectivity index (χ3n) is 9.66. The van der Waals surface area contributed by atoms with Gasteiger partial charge >= 0.3 is 5.97 Å². The smallest absolute Gasteiger partial charge is 0.311 e. The van der Waals surface area contributed by atoms with Crippen LogP contribution in [0, 0.1) is 28.9 Å². The molecule has 0 saturated carbocycles. The second kappa shape index (κ2) is 13.8. The van der Waals surface area contributed by atoms with Crippen LogP contribution in [0.3, 0.4) is 0 Å². The third-order valence-corrected chi connectivity index (χ3v) is 9.66. The molecule has 12 heteroatoms. The van der Waals surface area contributed by atoms with Crippen LogP contribution < -0.4 is 0 Å². The number of carbonyl (C=O) groups excluding carboxylic acids is 2. The Morgan fingerprint density at radius 3 is 2.10 bits per heavy atom. The van der Waals surface area contributed by atoms with Crippen molar-refractivity contribution in [3.05, 3.63) is 5.21 Å². The van der Waals surface area contributed by atoms with E-state index in [4.69, 9.17) is 18.9 Å². The third kappa shape index (κ3) is 7.70. The molecule has 0 aliphatic carbocycles. The molecule has 0 amide bonds. The van der Waals surface area contributed by atoms with Crippen molar-refractivity contribution in [3.8, 4) is 0 Å². The second-order valence-corrected chi connectivity index (χ2v) is 13.6. The number of cyclic esters (lactones) is 1. The number of aliphatic hydroxyl groups excluding tert-OH is 3. The number of hydroxylamine groups is 3. The molecule has 0 aromatic carbocycles. The summed E-state index contributed by atoms with van der Waals surface area (Å²) in [5, 5.41) is 57.9. The number of carbonyl (C=O) groups is 2. The van der Waals surface area contributed by atoms with Gasteiger partial charge in [0.2, 0.25) is 0 Å². The standard InChI is InChI=1S/C30H55NO11/c1-12-21-30(8,37)25(35)17(4)22(32)15(2)14-29(7,39-11)26(18(5)23(33)19(6)27(36)41-21)42-28-24(34)20(31(9,10)38)13-16(3)40-28/h15-21,23-26,28,33-35,37H,12-14H2,1-11H3/t15-,16-,17+,18+,19-,20+,21-,23+,24-,25-,26-,28+,29-,30-/m1/s1. The maximum absolute atomic E-state index is 13.6. The van der Waals surface area contributed by atoms with Crippen molar-refractivity contribution in [1.82, 2.24) is 0 Å². The highest BCUT2D eigenvalue weighted by Crippen LogP contribution is 2.39. The van der Waals surface area contributed by atoms with Gasteiger partial charge in [-0.2, -0.15) is 0 Å². The monoisotopic (exact) mass is 605 g/mol. The molecule has 0 spiro atoms. The zero-order valence-electron chi connectivity index (χ0n) is 27.1. The minimum absolute atomic E-state index is 0.0736. The van der Waals surface area contributed by atoms with E-state index in [1.54, 1.807) is 34.6 Å². The summed E-state index contributed by atoms with van der Waals surface area (Å²) in [5.74, 6) is -4.78. The molecule has 2 heterocycles. The lowest BCUT2D eigenvalue weighted by atomic mass is 9.74. The molecule has 2 rings (SSSR count). The number of quaternary nitrogens is 1. The van der Waals surface area contributed by atoms with E-state index in [1.807, 2.05) is 0 Å². The molecular formula is C30H55NO11. The zero-order valence-corrected chi connectivity index (χ0v) is 27.1. The fourth-order valence-corrected chi connectivity index (χ4v) is 6.69. The Hall–Kier alpha value is -1.22. The van der Waals surface area contributed by atoms with Crippen LogP contribution in [-0.4, -0.2) is 118 Å². The number of methoxy groups -OCH3 is 1. The number of ether oxygens (including phenoxy) is 4. The number of rotatable bonds is 5. The highest BCUT2D eigenvalue weighted by molar-refractivity contribution is 5.83. The van der Waals surface area contributed by atoms with Gasteiger partial charge < -0.3 is 49.2 Å². The number of ketones is 1. The molecule has 0 aromatic heterocycles. The highest BCUT2D eigenvalue weighted by atomic mass is 16.7. The van der Waals surface area contributed by atoms with E-state index in [0.29, 0.717) is 6.42 Å². The van der Waals surface area contributed by atoms with Gasteiger partial charge in [0.25, 0.3) is 0 Å². The lowest BCUT2D eigenvalue weighted by Gasteiger charge is -2.51. The summed E-state index contributed by atoms with van der Waals surface area (Å²) in [6, 6.07) is -0.748. The quantitative estimate of drug-likeness (QED) is 0.203. The van der Waals surface area contributed by atoms with Crippen LogP contribution in [0.15, 0.2) is 0 Å². The van der Waals surface area contributed by atoms with Crippen molar-refractivity contribution in [1.29, 1.82) is 0 Å². The predicted octanol–water partition coefficient (Wildman–Crippen LogP) is 1.53. The predicted molar refractivity (Wildman–Crippen MR) is 154 cm³/mol. The average molecular weight is 606 g/mol. The first-order valence-corrected chi connectivity index (χ1v) is 15.0. The molecular weight excluding hydrogens is 550 g/mol. The van der Waals surface area contributed by atoms with Gasteiger partial charge in [0.15, 0.2) is 12.4 Å². The minimum atomic E-state index is -1.94. The summed E-state index contributed by atoms with van der Waals surface area (Å²) >= 11 is 0. The number of aliphatic hydroxyl groups is 4. The van der Waals surface area contributed by atoms with Crippen LogP contribution in [0.1, 0.15) is 74.7 Å². The van der Waals surface area contributed by atoms with Crippen LogP contribution in [0.4, 0.5) is 0 Å². The summed E-state index contributed by atoms with van der Waals surface area (Å²) in [5.41, 5.74) is -3.21.